The molecule has 11 heteroatoms. The number of hydrogen-bond acceptors (Lipinski definition) is 5. The van der Waals surface area contributed by atoms with E-state index in [1.165, 1.54) is 36.4 Å². The average molecular weight is 602 g/mol. The highest BCUT2D eigenvalue weighted by Gasteiger charge is 2.25. The number of ether oxygens (including phenoxy) is 1. The summed E-state index contributed by atoms with van der Waals surface area (Å²) in [7, 11) is 0. The van der Waals surface area contributed by atoms with Gasteiger partial charge in [0.05, 0.1) is 0 Å². The van der Waals surface area contributed by atoms with Gasteiger partial charge in [-0.05, 0) is 88.9 Å². The quantitative estimate of drug-likeness (QED) is 0.206. The maximum Gasteiger partial charge on any atom is 0.446 e. The zero-order valence-corrected chi connectivity index (χ0v) is 24.9. The number of benzene rings is 2. The predicted molar refractivity (Wildman–Crippen MR) is 154 cm³/mol. The van der Waals surface area contributed by atoms with Crippen molar-refractivity contribution in [2.24, 2.45) is 10.9 Å². The number of aliphatic imine (C=N–C) groups is 1. The zero-order chi connectivity index (χ0) is 33.2. The molecule has 0 spiro atoms. The number of amides is 1. The van der Waals surface area contributed by atoms with Crippen molar-refractivity contribution in [3.63, 3.8) is 0 Å². The molecule has 1 heterocycles. The number of carbonyl (C=O) groups is 3. The minimum absolute atomic E-state index is 0.0685. The molecule has 0 fully saturated rings. The summed E-state index contributed by atoms with van der Waals surface area (Å²) in [5.74, 6) is -0.882. The smallest absolute Gasteiger partial charge is 0.444 e. The maximum absolute atomic E-state index is 12.8. The number of nitrogens with one attached hydrogen (secondary N) is 1. The average Bonchev–Trinajstić information content (AvgIpc) is 3.35. The molecule has 0 unspecified atom stereocenters. The number of hydrogen-bond donors (Lipinski definition) is 1. The summed E-state index contributed by atoms with van der Waals surface area (Å²) in [4.78, 5) is 36.7. The van der Waals surface area contributed by atoms with E-state index >= 15 is 0 Å². The molecule has 42 heavy (non-hydrogen) atoms. The first-order valence-electron chi connectivity index (χ1n) is 14.0. The van der Waals surface area contributed by atoms with Crippen molar-refractivity contribution in [1.29, 1.82) is 0 Å². The number of nitrogens with zero attached hydrogens (tertiary/aromatic N) is 1. The van der Waals surface area contributed by atoms with Gasteiger partial charge in [-0.25, -0.2) is 13.6 Å². The van der Waals surface area contributed by atoms with Gasteiger partial charge in [0.2, 0.25) is 6.29 Å². The fourth-order valence-corrected chi connectivity index (χ4v) is 3.34. The Balaban J connectivity index is 0.000000675. The highest BCUT2D eigenvalue weighted by atomic mass is 19.4. The van der Waals surface area contributed by atoms with E-state index in [-0.39, 0.29) is 23.3 Å². The van der Waals surface area contributed by atoms with Crippen molar-refractivity contribution >= 4 is 23.9 Å². The van der Waals surface area contributed by atoms with Crippen molar-refractivity contribution in [2.45, 2.75) is 85.5 Å². The minimum atomic E-state index is -4.64. The molecule has 0 saturated heterocycles. The van der Waals surface area contributed by atoms with E-state index in [1.807, 2.05) is 0 Å². The van der Waals surface area contributed by atoms with E-state index in [0.29, 0.717) is 31.5 Å². The van der Waals surface area contributed by atoms with Gasteiger partial charge in [0.25, 0.3) is 0 Å². The Kier molecular flexibility index (Phi) is 16.2. The minimum Gasteiger partial charge on any atom is -0.444 e. The van der Waals surface area contributed by atoms with Crippen molar-refractivity contribution in [3.05, 3.63) is 71.3 Å². The normalized spacial score (nSPS) is 15.1. The second kappa shape index (κ2) is 18.7. The van der Waals surface area contributed by atoms with Gasteiger partial charge in [-0.3, -0.25) is 14.6 Å². The zero-order valence-electron chi connectivity index (χ0n) is 25.9. The molecule has 2 aromatic rings. The van der Waals surface area contributed by atoms with Crippen LogP contribution in [0.4, 0.5) is 26.7 Å². The third kappa shape index (κ3) is 17.2. The summed E-state index contributed by atoms with van der Waals surface area (Å²) in [5.41, 5.74) is 2.11. The van der Waals surface area contributed by atoms with Crippen LogP contribution in [-0.4, -0.2) is 48.2 Å². The molecular formula is C31H41F5N2O4. The Morgan fingerprint density at radius 1 is 1.07 bits per heavy atom. The lowest BCUT2D eigenvalue weighted by Gasteiger charge is -2.20. The molecule has 0 radical (unpaired) electrons. The van der Waals surface area contributed by atoms with Gasteiger partial charge in [0.15, 0.2) is 5.78 Å². The van der Waals surface area contributed by atoms with Crippen molar-refractivity contribution < 1.29 is 42.4 Å². The lowest BCUT2D eigenvalue weighted by molar-refractivity contribution is -0.156. The highest BCUT2D eigenvalue weighted by molar-refractivity contribution is 6.01. The van der Waals surface area contributed by atoms with Gasteiger partial charge in [-0.2, -0.15) is 13.2 Å². The Hall–Kier alpha value is -3.63. The summed E-state index contributed by atoms with van der Waals surface area (Å²) in [6.07, 6.45) is -3.56. The van der Waals surface area contributed by atoms with Crippen LogP contribution in [0.25, 0.3) is 0 Å². The number of alkyl carbamates (subject to hydrolysis) is 1. The third-order valence-corrected chi connectivity index (χ3v) is 5.31. The van der Waals surface area contributed by atoms with E-state index in [4.69, 9.17) is 10.9 Å². The number of rotatable bonds is 6. The van der Waals surface area contributed by atoms with E-state index in [1.54, 1.807) is 46.8 Å². The fourth-order valence-electron chi connectivity index (χ4n) is 3.34. The molecule has 0 bridgehead atoms. The molecule has 1 aliphatic heterocycles. The third-order valence-electron chi connectivity index (χ3n) is 5.31. The largest absolute Gasteiger partial charge is 0.446 e. The lowest BCUT2D eigenvalue weighted by Crippen LogP contribution is -2.33. The molecule has 0 aromatic heterocycles. The van der Waals surface area contributed by atoms with Crippen LogP contribution in [-0.2, 0) is 9.53 Å². The summed E-state index contributed by atoms with van der Waals surface area (Å²) in [6, 6.07) is 12.5. The topological polar surface area (TPSA) is 84.8 Å². The second-order valence-electron chi connectivity index (χ2n) is 10.1. The fraction of sp³-hybridized carbons (Fsp3) is 0.484. The number of halogens is 5. The van der Waals surface area contributed by atoms with Crippen molar-refractivity contribution in [2.75, 3.05) is 6.54 Å². The van der Waals surface area contributed by atoms with Crippen LogP contribution in [0.5, 0.6) is 0 Å². The van der Waals surface area contributed by atoms with Gasteiger partial charge >= 0.3 is 12.3 Å². The van der Waals surface area contributed by atoms with E-state index < -0.39 is 24.2 Å². The van der Waals surface area contributed by atoms with Crippen molar-refractivity contribution in [3.8, 4) is 0 Å². The molecule has 2 atom stereocenters. The lowest BCUT2D eigenvalue weighted by atomic mass is 9.96. The van der Waals surface area contributed by atoms with Crippen LogP contribution in [0, 0.1) is 17.6 Å². The van der Waals surface area contributed by atoms with Crippen LogP contribution in [0.1, 0.15) is 85.0 Å². The first kappa shape index (κ1) is 36.4. The van der Waals surface area contributed by atoms with Crippen LogP contribution < -0.4 is 5.32 Å². The van der Waals surface area contributed by atoms with Crippen LogP contribution >= 0.6 is 0 Å². The molecule has 2 aromatic carbocycles. The molecule has 0 saturated carbocycles. The van der Waals surface area contributed by atoms with Crippen LogP contribution in [0.2, 0.25) is 0 Å². The van der Waals surface area contributed by atoms with Gasteiger partial charge in [-0.15, -0.1) is 0 Å². The summed E-state index contributed by atoms with van der Waals surface area (Å²) < 4.78 is 68.0. The van der Waals surface area contributed by atoms with Gasteiger partial charge in [0, 0.05) is 31.2 Å². The van der Waals surface area contributed by atoms with E-state index in [2.05, 4.69) is 17.2 Å². The molecule has 1 amide bonds. The number of aldehydes is 1. The Morgan fingerprint density at radius 3 is 1.95 bits per heavy atom. The van der Waals surface area contributed by atoms with Gasteiger partial charge in [-0.1, -0.05) is 32.9 Å². The number of carbonyl (C=O) groups excluding carboxylic acids is 3. The predicted octanol–water partition coefficient (Wildman–Crippen LogP) is 8.13. The number of ketones is 1. The second-order valence-corrected chi connectivity index (χ2v) is 10.1. The highest BCUT2D eigenvalue weighted by Crippen LogP contribution is 2.18. The Morgan fingerprint density at radius 2 is 1.55 bits per heavy atom. The van der Waals surface area contributed by atoms with Crippen LogP contribution in [0.3, 0.4) is 0 Å². The molecule has 3 rings (SSSR count). The first-order chi connectivity index (χ1) is 19.9. The molecule has 234 valence electrons. The van der Waals surface area contributed by atoms with Gasteiger partial charge < -0.3 is 10.1 Å². The summed E-state index contributed by atoms with van der Waals surface area (Å²) in [6.45, 7) is 11.9. The first-order valence-corrected chi connectivity index (χ1v) is 13.3. The molecule has 1 N–H and O–H groups in total. The van der Waals surface area contributed by atoms with Gasteiger partial charge in [0.1, 0.15) is 17.2 Å². The molecule has 6 nitrogen and oxygen atoms in total. The van der Waals surface area contributed by atoms with E-state index in [0.717, 1.165) is 24.1 Å². The Bertz CT molecular complexity index is 1150. The SMILES string of the molecule is C[C@@H]1CCC(c2ccc(F)cc2)=N1.C[C@H](CCNC(=O)OC(C)(C)C)C(=O)c1ccc(F)cc1.O=CC(F)(F)F.[2H]CC. The van der Waals surface area contributed by atoms with E-state index in [9.17, 15) is 31.5 Å². The standard InChI is InChI=1S/C16H22FNO3.C11H12FN.C2HF3O.C2H6/c1-11(9-10-18-15(20)21-16(2,3)4)14(19)12-5-7-13(17)8-6-12;1-8-2-7-11(13-8)9-3-5-10(12)6-4-9;3-2(4,5)1-6;1-2/h5-8,11H,9-10H2,1-4H3,(H,18,20);3-6,8H,2,7H2,1H3;1H;1-2H3/t11-;8-;;/m11../s1/i;;;1D. The van der Waals surface area contributed by atoms with Crippen LogP contribution in [0.15, 0.2) is 53.5 Å². The molecular weight excluding hydrogens is 559 g/mol. The molecule has 0 aliphatic carbocycles. The Labute approximate surface area is 246 Å². The number of alkyl halides is 3. The van der Waals surface area contributed by atoms with Crippen molar-refractivity contribution in [1.82, 2.24) is 5.32 Å². The molecule has 1 aliphatic rings. The summed E-state index contributed by atoms with van der Waals surface area (Å²) >= 11 is 0. The number of Topliss-reactive ketones (excluding diaryl/α,β-unsaturated/α-hetero) is 1. The maximum atomic E-state index is 12.8. The monoisotopic (exact) mass is 601 g/mol. The summed E-state index contributed by atoms with van der Waals surface area (Å²) in [5, 5.41) is 2.61.